The molecule has 2 unspecified atom stereocenters. The fourth-order valence-corrected chi connectivity index (χ4v) is 3.23. The van der Waals surface area contributed by atoms with Gasteiger partial charge in [-0.15, -0.1) is 6.58 Å². The van der Waals surface area contributed by atoms with Crippen molar-refractivity contribution < 1.29 is 9.53 Å². The predicted octanol–water partition coefficient (Wildman–Crippen LogP) is 4.43. The Balaban J connectivity index is 1.88. The van der Waals surface area contributed by atoms with Crippen molar-refractivity contribution in [2.24, 2.45) is 17.3 Å². The van der Waals surface area contributed by atoms with E-state index < -0.39 is 0 Å². The molecular formula is C18H26O2. The van der Waals surface area contributed by atoms with Crippen LogP contribution in [-0.4, -0.2) is 12.1 Å². The Morgan fingerprint density at radius 1 is 1.50 bits per heavy atom. The van der Waals surface area contributed by atoms with E-state index in [2.05, 4.69) is 46.4 Å². The Bertz CT molecular complexity index is 464. The number of esters is 1. The minimum absolute atomic E-state index is 0.0178. The van der Waals surface area contributed by atoms with Gasteiger partial charge < -0.3 is 4.74 Å². The van der Waals surface area contributed by atoms with E-state index in [-0.39, 0.29) is 23.4 Å². The zero-order valence-corrected chi connectivity index (χ0v) is 13.1. The van der Waals surface area contributed by atoms with Crippen molar-refractivity contribution in [1.82, 2.24) is 0 Å². The molecule has 0 aromatic heterocycles. The fourth-order valence-electron chi connectivity index (χ4n) is 3.23. The van der Waals surface area contributed by atoms with Crippen molar-refractivity contribution in [1.29, 1.82) is 0 Å². The Morgan fingerprint density at radius 2 is 2.20 bits per heavy atom. The number of rotatable bonds is 5. The van der Waals surface area contributed by atoms with Crippen LogP contribution in [-0.2, 0) is 9.53 Å². The second kappa shape index (κ2) is 5.59. The predicted molar refractivity (Wildman–Crippen MR) is 82.2 cm³/mol. The van der Waals surface area contributed by atoms with Gasteiger partial charge in [0, 0.05) is 12.8 Å². The van der Waals surface area contributed by atoms with Gasteiger partial charge in [-0.3, -0.25) is 4.79 Å². The quantitative estimate of drug-likeness (QED) is 0.547. The largest absolute Gasteiger partial charge is 0.461 e. The average molecular weight is 274 g/mol. The van der Waals surface area contributed by atoms with Gasteiger partial charge >= 0.3 is 5.97 Å². The van der Waals surface area contributed by atoms with Crippen LogP contribution in [0.25, 0.3) is 0 Å². The Labute approximate surface area is 122 Å². The third-order valence-electron chi connectivity index (χ3n) is 4.53. The van der Waals surface area contributed by atoms with Crippen LogP contribution in [0.5, 0.6) is 0 Å². The maximum absolute atomic E-state index is 12.3. The van der Waals surface area contributed by atoms with Gasteiger partial charge in [-0.1, -0.05) is 43.2 Å². The van der Waals surface area contributed by atoms with E-state index in [0.717, 1.165) is 19.3 Å². The third-order valence-corrected chi connectivity index (χ3v) is 4.53. The van der Waals surface area contributed by atoms with Gasteiger partial charge in [0.25, 0.3) is 0 Å². The van der Waals surface area contributed by atoms with Gasteiger partial charge in [-0.05, 0) is 31.6 Å². The molecule has 0 spiro atoms. The Kier molecular flexibility index (Phi) is 4.22. The first kappa shape index (κ1) is 15.1. The molecule has 0 bridgehead atoms. The standard InChI is InChI=1S/C18H26O2/c1-6-7-13-8-9-14(11-13)20-17(19)16-15(10-12(2)3)18(16,4)5/h6,8,10,14-16H,1,7,9,11H2,2-5H3/t14?,15?,16-/m0/s1. The molecule has 2 aliphatic rings. The van der Waals surface area contributed by atoms with Crippen molar-refractivity contribution in [3.63, 3.8) is 0 Å². The van der Waals surface area contributed by atoms with E-state index >= 15 is 0 Å². The normalized spacial score (nSPS) is 30.4. The monoisotopic (exact) mass is 274 g/mol. The zero-order valence-electron chi connectivity index (χ0n) is 13.1. The minimum atomic E-state index is -0.0178. The van der Waals surface area contributed by atoms with E-state index in [4.69, 9.17) is 4.74 Å². The molecule has 20 heavy (non-hydrogen) atoms. The molecule has 0 N–H and O–H groups in total. The smallest absolute Gasteiger partial charge is 0.310 e. The summed E-state index contributed by atoms with van der Waals surface area (Å²) < 4.78 is 5.70. The second-order valence-electron chi connectivity index (χ2n) is 6.92. The molecule has 0 radical (unpaired) electrons. The molecule has 3 atom stereocenters. The van der Waals surface area contributed by atoms with E-state index in [1.807, 2.05) is 6.08 Å². The van der Waals surface area contributed by atoms with Gasteiger partial charge in [-0.2, -0.15) is 0 Å². The van der Waals surface area contributed by atoms with E-state index in [1.165, 1.54) is 11.1 Å². The van der Waals surface area contributed by atoms with Crippen LogP contribution in [0, 0.1) is 17.3 Å². The van der Waals surface area contributed by atoms with Crippen molar-refractivity contribution in [2.45, 2.75) is 53.1 Å². The lowest BCUT2D eigenvalue weighted by Crippen LogP contribution is -2.18. The summed E-state index contributed by atoms with van der Waals surface area (Å²) in [5.74, 6) is 0.346. The highest BCUT2D eigenvalue weighted by Crippen LogP contribution is 2.60. The molecular weight excluding hydrogens is 248 g/mol. The number of carbonyl (C=O) groups is 1. The zero-order chi connectivity index (χ0) is 14.9. The summed E-state index contributed by atoms with van der Waals surface area (Å²) in [5, 5.41) is 0. The lowest BCUT2D eigenvalue weighted by Gasteiger charge is -2.13. The van der Waals surface area contributed by atoms with Crippen LogP contribution in [0.15, 0.2) is 36.0 Å². The summed E-state index contributed by atoms with van der Waals surface area (Å²) in [7, 11) is 0. The van der Waals surface area contributed by atoms with E-state index in [0.29, 0.717) is 5.92 Å². The molecule has 2 rings (SSSR count). The highest BCUT2D eigenvalue weighted by molar-refractivity contribution is 5.78. The molecule has 1 saturated carbocycles. The summed E-state index contributed by atoms with van der Waals surface area (Å²) in [6.45, 7) is 12.2. The van der Waals surface area contributed by atoms with Crippen molar-refractivity contribution in [3.8, 4) is 0 Å². The van der Waals surface area contributed by atoms with Crippen molar-refractivity contribution >= 4 is 5.97 Å². The summed E-state index contributed by atoms with van der Waals surface area (Å²) in [6.07, 6.45) is 8.98. The van der Waals surface area contributed by atoms with Gasteiger partial charge in [0.05, 0.1) is 5.92 Å². The summed E-state index contributed by atoms with van der Waals surface area (Å²) in [4.78, 5) is 12.3. The van der Waals surface area contributed by atoms with Crippen LogP contribution < -0.4 is 0 Å². The van der Waals surface area contributed by atoms with Crippen molar-refractivity contribution in [3.05, 3.63) is 36.0 Å². The highest BCUT2D eigenvalue weighted by Gasteiger charge is 2.61. The molecule has 0 aromatic carbocycles. The van der Waals surface area contributed by atoms with E-state index in [1.54, 1.807) is 0 Å². The van der Waals surface area contributed by atoms with Crippen LogP contribution in [0.2, 0.25) is 0 Å². The van der Waals surface area contributed by atoms with Gasteiger partial charge in [-0.25, -0.2) is 0 Å². The molecule has 0 aliphatic heterocycles. The number of hydrogen-bond acceptors (Lipinski definition) is 2. The summed E-state index contributed by atoms with van der Waals surface area (Å²) in [6, 6.07) is 0. The maximum Gasteiger partial charge on any atom is 0.310 e. The lowest BCUT2D eigenvalue weighted by atomic mass is 10.1. The highest BCUT2D eigenvalue weighted by atomic mass is 16.5. The third kappa shape index (κ3) is 3.05. The average Bonchev–Trinajstić information content (AvgIpc) is 2.70. The summed E-state index contributed by atoms with van der Waals surface area (Å²) in [5.41, 5.74) is 2.66. The fraction of sp³-hybridized carbons (Fsp3) is 0.611. The molecule has 0 heterocycles. The van der Waals surface area contributed by atoms with Gasteiger partial charge in [0.2, 0.25) is 0 Å². The summed E-state index contributed by atoms with van der Waals surface area (Å²) >= 11 is 0. The van der Waals surface area contributed by atoms with Crippen molar-refractivity contribution in [2.75, 3.05) is 0 Å². The maximum atomic E-state index is 12.3. The van der Waals surface area contributed by atoms with Crippen LogP contribution in [0.4, 0.5) is 0 Å². The number of ether oxygens (including phenoxy) is 1. The molecule has 2 heteroatoms. The van der Waals surface area contributed by atoms with Gasteiger partial charge in [0.1, 0.15) is 6.10 Å². The molecule has 110 valence electrons. The number of hydrogen-bond donors (Lipinski definition) is 0. The lowest BCUT2D eigenvalue weighted by molar-refractivity contribution is -0.151. The van der Waals surface area contributed by atoms with Crippen LogP contribution in [0.3, 0.4) is 0 Å². The first-order valence-corrected chi connectivity index (χ1v) is 7.50. The van der Waals surface area contributed by atoms with Gasteiger partial charge in [0.15, 0.2) is 0 Å². The molecule has 2 nitrogen and oxygen atoms in total. The molecule has 0 saturated heterocycles. The first-order valence-electron chi connectivity index (χ1n) is 7.50. The second-order valence-corrected chi connectivity index (χ2v) is 6.92. The topological polar surface area (TPSA) is 26.3 Å². The number of carbonyl (C=O) groups excluding carboxylic acids is 1. The molecule has 0 aromatic rings. The van der Waals surface area contributed by atoms with Crippen LogP contribution >= 0.6 is 0 Å². The SMILES string of the molecule is C=CCC1=CCC(OC(=O)[C@@H]2C(C=C(C)C)C2(C)C)C1. The Morgan fingerprint density at radius 3 is 2.80 bits per heavy atom. The molecule has 2 aliphatic carbocycles. The van der Waals surface area contributed by atoms with Crippen LogP contribution in [0.1, 0.15) is 47.0 Å². The Hall–Kier alpha value is -1.31. The first-order chi connectivity index (χ1) is 9.36. The number of allylic oxidation sites excluding steroid dienone is 3. The van der Waals surface area contributed by atoms with E-state index in [9.17, 15) is 4.79 Å². The molecule has 1 fully saturated rings. The molecule has 0 amide bonds. The minimum Gasteiger partial charge on any atom is -0.461 e.